The maximum Gasteiger partial charge on any atom is 0.338 e. The van der Waals surface area contributed by atoms with Crippen LogP contribution >= 0.6 is 0 Å². The Kier molecular flexibility index (Phi) is 4.08. The van der Waals surface area contributed by atoms with E-state index in [-0.39, 0.29) is 22.8 Å². The lowest BCUT2D eigenvalue weighted by atomic mass is 10.2. The highest BCUT2D eigenvalue weighted by molar-refractivity contribution is 7.89. The number of benzene rings is 1. The van der Waals surface area contributed by atoms with Crippen LogP contribution in [0.5, 0.6) is 5.75 Å². The van der Waals surface area contributed by atoms with Gasteiger partial charge in [0.05, 0.1) is 19.3 Å². The number of hydrogen-bond donors (Lipinski definition) is 1. The second kappa shape index (κ2) is 5.15. The zero-order valence-corrected chi connectivity index (χ0v) is 10.3. The second-order valence-corrected chi connectivity index (χ2v) is 4.66. The molecule has 0 atom stereocenters. The lowest BCUT2D eigenvalue weighted by molar-refractivity contribution is 0.0526. The summed E-state index contributed by atoms with van der Waals surface area (Å²) in [7, 11) is -2.64. The Morgan fingerprint density at radius 1 is 1.41 bits per heavy atom. The number of primary sulfonamides is 1. The zero-order valence-electron chi connectivity index (χ0n) is 9.47. The number of hydrogen-bond acceptors (Lipinski definition) is 5. The molecule has 94 valence electrons. The fourth-order valence-corrected chi connectivity index (χ4v) is 1.96. The number of methoxy groups -OCH3 is 1. The molecule has 1 aromatic rings. The van der Waals surface area contributed by atoms with Crippen molar-refractivity contribution in [1.29, 1.82) is 0 Å². The third-order valence-corrected chi connectivity index (χ3v) is 2.91. The van der Waals surface area contributed by atoms with Crippen molar-refractivity contribution >= 4 is 16.0 Å². The molecule has 7 heteroatoms. The number of carbonyl (C=O) groups excluding carboxylic acids is 1. The van der Waals surface area contributed by atoms with E-state index in [1.807, 2.05) is 0 Å². The van der Waals surface area contributed by atoms with Gasteiger partial charge in [-0.2, -0.15) is 0 Å². The molecule has 0 aromatic heterocycles. The molecular formula is C10H13NO5S. The molecule has 0 unspecified atom stereocenters. The number of rotatable bonds is 4. The second-order valence-electron chi connectivity index (χ2n) is 3.13. The van der Waals surface area contributed by atoms with Gasteiger partial charge in [0.25, 0.3) is 0 Å². The molecule has 0 amide bonds. The normalized spacial score (nSPS) is 11.0. The Morgan fingerprint density at radius 2 is 2.06 bits per heavy atom. The van der Waals surface area contributed by atoms with Gasteiger partial charge in [-0.1, -0.05) is 0 Å². The largest absolute Gasteiger partial charge is 0.495 e. The Morgan fingerprint density at radius 3 is 2.53 bits per heavy atom. The van der Waals surface area contributed by atoms with Crippen molar-refractivity contribution in [2.45, 2.75) is 11.8 Å². The summed E-state index contributed by atoms with van der Waals surface area (Å²) in [6.45, 7) is 1.86. The highest BCUT2D eigenvalue weighted by Crippen LogP contribution is 2.23. The van der Waals surface area contributed by atoms with E-state index in [4.69, 9.17) is 14.6 Å². The third-order valence-electron chi connectivity index (χ3n) is 1.98. The van der Waals surface area contributed by atoms with Crippen LogP contribution in [0.4, 0.5) is 0 Å². The summed E-state index contributed by atoms with van der Waals surface area (Å²) in [5, 5.41) is 5.02. The zero-order chi connectivity index (χ0) is 13.1. The topological polar surface area (TPSA) is 95.7 Å². The molecule has 0 spiro atoms. The van der Waals surface area contributed by atoms with Gasteiger partial charge in [-0.05, 0) is 25.1 Å². The lowest BCUT2D eigenvalue weighted by Gasteiger charge is -2.08. The van der Waals surface area contributed by atoms with Crippen LogP contribution in [-0.4, -0.2) is 28.1 Å². The minimum absolute atomic E-state index is 0.0838. The first-order valence-electron chi connectivity index (χ1n) is 4.78. The van der Waals surface area contributed by atoms with E-state index in [2.05, 4.69) is 0 Å². The quantitative estimate of drug-likeness (QED) is 0.795. The van der Waals surface area contributed by atoms with Crippen molar-refractivity contribution in [1.82, 2.24) is 0 Å². The van der Waals surface area contributed by atoms with E-state index in [0.29, 0.717) is 0 Å². The van der Waals surface area contributed by atoms with Crippen LogP contribution in [-0.2, 0) is 14.8 Å². The highest BCUT2D eigenvalue weighted by atomic mass is 32.2. The molecule has 2 N–H and O–H groups in total. The summed E-state index contributed by atoms with van der Waals surface area (Å²) in [4.78, 5) is 11.2. The molecule has 0 aliphatic rings. The smallest absolute Gasteiger partial charge is 0.338 e. The van der Waals surface area contributed by atoms with Crippen LogP contribution in [0.15, 0.2) is 23.1 Å². The van der Waals surface area contributed by atoms with E-state index < -0.39 is 16.0 Å². The van der Waals surface area contributed by atoms with E-state index in [0.717, 1.165) is 6.07 Å². The number of ether oxygens (including phenoxy) is 2. The van der Waals surface area contributed by atoms with Crippen molar-refractivity contribution < 1.29 is 22.7 Å². The predicted octanol–water partition coefficient (Wildman–Crippen LogP) is 0.519. The molecule has 0 saturated carbocycles. The Bertz CT molecular complexity index is 523. The fraction of sp³-hybridized carbons (Fsp3) is 0.300. The van der Waals surface area contributed by atoms with Crippen molar-refractivity contribution in [3.63, 3.8) is 0 Å². The van der Waals surface area contributed by atoms with Crippen LogP contribution in [0.1, 0.15) is 17.3 Å². The monoisotopic (exact) mass is 259 g/mol. The summed E-state index contributed by atoms with van der Waals surface area (Å²) in [5.41, 5.74) is 0.108. The third kappa shape index (κ3) is 3.18. The van der Waals surface area contributed by atoms with Gasteiger partial charge < -0.3 is 9.47 Å². The van der Waals surface area contributed by atoms with Gasteiger partial charge in [0.1, 0.15) is 10.6 Å². The van der Waals surface area contributed by atoms with E-state index in [9.17, 15) is 13.2 Å². The van der Waals surface area contributed by atoms with E-state index in [1.165, 1.54) is 19.2 Å². The first-order valence-corrected chi connectivity index (χ1v) is 6.32. The van der Waals surface area contributed by atoms with Crippen LogP contribution in [0, 0.1) is 0 Å². The molecule has 0 heterocycles. The molecule has 0 bridgehead atoms. The van der Waals surface area contributed by atoms with Crippen LogP contribution in [0.3, 0.4) is 0 Å². The molecule has 17 heavy (non-hydrogen) atoms. The molecule has 0 aliphatic carbocycles. The van der Waals surface area contributed by atoms with Gasteiger partial charge in [0, 0.05) is 0 Å². The first-order chi connectivity index (χ1) is 7.90. The number of nitrogens with two attached hydrogens (primary N) is 1. The minimum atomic E-state index is -3.95. The SMILES string of the molecule is CCOC(=O)c1ccc(OC)c(S(N)(=O)=O)c1. The van der Waals surface area contributed by atoms with Gasteiger partial charge in [-0.25, -0.2) is 18.4 Å². The van der Waals surface area contributed by atoms with Crippen LogP contribution in [0.2, 0.25) is 0 Å². The van der Waals surface area contributed by atoms with Gasteiger partial charge in [0.2, 0.25) is 10.0 Å². The van der Waals surface area contributed by atoms with E-state index in [1.54, 1.807) is 6.92 Å². The molecule has 1 rings (SSSR count). The summed E-state index contributed by atoms with van der Waals surface area (Å²) in [6, 6.07) is 3.89. The summed E-state index contributed by atoms with van der Waals surface area (Å²) in [5.74, 6) is -0.527. The van der Waals surface area contributed by atoms with Crippen molar-refractivity contribution in [2.75, 3.05) is 13.7 Å². The maximum absolute atomic E-state index is 11.4. The molecular weight excluding hydrogens is 246 g/mol. The highest BCUT2D eigenvalue weighted by Gasteiger charge is 2.18. The maximum atomic E-state index is 11.4. The molecule has 0 fully saturated rings. The Balaban J connectivity index is 3.28. The van der Waals surface area contributed by atoms with Gasteiger partial charge in [-0.3, -0.25) is 0 Å². The predicted molar refractivity (Wildman–Crippen MR) is 60.3 cm³/mol. The average molecular weight is 259 g/mol. The molecule has 0 aliphatic heterocycles. The molecule has 0 saturated heterocycles. The summed E-state index contributed by atoms with van der Waals surface area (Å²) in [6.07, 6.45) is 0. The number of sulfonamides is 1. The fourth-order valence-electron chi connectivity index (χ4n) is 1.24. The van der Waals surface area contributed by atoms with Crippen molar-refractivity contribution in [2.24, 2.45) is 5.14 Å². The average Bonchev–Trinajstić information content (AvgIpc) is 2.27. The van der Waals surface area contributed by atoms with Gasteiger partial charge in [-0.15, -0.1) is 0 Å². The lowest BCUT2D eigenvalue weighted by Crippen LogP contribution is -2.15. The minimum Gasteiger partial charge on any atom is -0.495 e. The molecule has 1 aromatic carbocycles. The standard InChI is InChI=1S/C10H13NO5S/c1-3-16-10(12)7-4-5-8(15-2)9(6-7)17(11,13)14/h4-6H,3H2,1-2H3,(H2,11,13,14). The first kappa shape index (κ1) is 13.5. The summed E-state index contributed by atoms with van der Waals surface area (Å²) < 4.78 is 32.2. The molecule has 0 radical (unpaired) electrons. The van der Waals surface area contributed by atoms with Crippen LogP contribution < -0.4 is 9.88 Å². The Labute approximate surface area is 99.4 Å². The van der Waals surface area contributed by atoms with Gasteiger partial charge in [0.15, 0.2) is 0 Å². The number of esters is 1. The Hall–Kier alpha value is -1.60. The van der Waals surface area contributed by atoms with Crippen LogP contribution in [0.25, 0.3) is 0 Å². The van der Waals surface area contributed by atoms with Crippen molar-refractivity contribution in [3.05, 3.63) is 23.8 Å². The number of carbonyl (C=O) groups is 1. The van der Waals surface area contributed by atoms with Crippen molar-refractivity contribution in [3.8, 4) is 5.75 Å². The van der Waals surface area contributed by atoms with E-state index >= 15 is 0 Å². The molecule has 6 nitrogen and oxygen atoms in total. The van der Waals surface area contributed by atoms with Gasteiger partial charge >= 0.3 is 5.97 Å². The summed E-state index contributed by atoms with van der Waals surface area (Å²) >= 11 is 0.